The number of amides is 2. The second kappa shape index (κ2) is 11.3. The summed E-state index contributed by atoms with van der Waals surface area (Å²) in [6.07, 6.45) is 5.28. The molecule has 0 radical (unpaired) electrons. The van der Waals surface area contributed by atoms with Gasteiger partial charge in [-0.15, -0.1) is 0 Å². The van der Waals surface area contributed by atoms with Gasteiger partial charge in [-0.3, -0.25) is 18.8 Å². The molecule has 0 atom stereocenters. The zero-order valence-electron chi connectivity index (χ0n) is 19.9. The first-order valence-electron chi connectivity index (χ1n) is 11.2. The third-order valence-corrected chi connectivity index (χ3v) is 6.83. The van der Waals surface area contributed by atoms with Crippen LogP contribution in [0, 0.1) is 0 Å². The van der Waals surface area contributed by atoms with Crippen molar-refractivity contribution in [3.63, 3.8) is 0 Å². The van der Waals surface area contributed by atoms with Gasteiger partial charge in [0.25, 0.3) is 5.91 Å². The SMILES string of the molecule is CN(C)C(=O)c1ccc(N(CC(=O)N2CCN(C/C=C/c3ccccc3)CC2)S(C)(=O)=O)cc1. The highest BCUT2D eigenvalue weighted by atomic mass is 32.2. The standard InChI is InChI=1S/C25H32N4O4S/c1-26(2)25(31)22-11-13-23(14-12-22)29(34(3,32)33)20-24(30)28-18-16-27(17-19-28)15-7-10-21-8-5-4-6-9-21/h4-14H,15-20H2,1-3H3/b10-7+. The van der Waals surface area contributed by atoms with Crippen LogP contribution in [0.2, 0.25) is 0 Å². The van der Waals surface area contributed by atoms with Crippen LogP contribution < -0.4 is 4.31 Å². The van der Waals surface area contributed by atoms with Crippen LogP contribution in [0.4, 0.5) is 5.69 Å². The Balaban J connectivity index is 1.57. The zero-order valence-corrected chi connectivity index (χ0v) is 20.7. The first-order chi connectivity index (χ1) is 16.1. The van der Waals surface area contributed by atoms with E-state index in [0.29, 0.717) is 24.3 Å². The molecule has 0 N–H and O–H groups in total. The molecule has 1 aliphatic heterocycles. The molecule has 9 heteroatoms. The molecule has 1 fully saturated rings. The van der Waals surface area contributed by atoms with E-state index >= 15 is 0 Å². The quantitative estimate of drug-likeness (QED) is 0.573. The minimum Gasteiger partial charge on any atom is -0.345 e. The Morgan fingerprint density at radius 3 is 2.12 bits per heavy atom. The highest BCUT2D eigenvalue weighted by Gasteiger charge is 2.26. The summed E-state index contributed by atoms with van der Waals surface area (Å²) in [5, 5.41) is 0. The second-order valence-corrected chi connectivity index (χ2v) is 10.4. The summed E-state index contributed by atoms with van der Waals surface area (Å²) in [5.74, 6) is -0.414. The molecular formula is C25H32N4O4S. The Morgan fingerprint density at radius 2 is 1.56 bits per heavy atom. The Bertz CT molecular complexity index is 1110. The van der Waals surface area contributed by atoms with Crippen LogP contribution in [0.3, 0.4) is 0 Å². The lowest BCUT2D eigenvalue weighted by Gasteiger charge is -2.35. The van der Waals surface area contributed by atoms with Gasteiger partial charge in [0.05, 0.1) is 11.9 Å². The Hall–Kier alpha value is -3.17. The van der Waals surface area contributed by atoms with E-state index < -0.39 is 10.0 Å². The van der Waals surface area contributed by atoms with Crippen molar-refractivity contribution in [3.8, 4) is 0 Å². The molecule has 34 heavy (non-hydrogen) atoms. The molecular weight excluding hydrogens is 452 g/mol. The second-order valence-electron chi connectivity index (χ2n) is 8.51. The first kappa shape index (κ1) is 25.5. The highest BCUT2D eigenvalue weighted by Crippen LogP contribution is 2.19. The van der Waals surface area contributed by atoms with Gasteiger partial charge in [-0.05, 0) is 29.8 Å². The molecule has 1 aliphatic rings. The molecule has 2 amide bonds. The number of carbonyl (C=O) groups excluding carboxylic acids is 2. The van der Waals surface area contributed by atoms with Crippen molar-refractivity contribution in [2.24, 2.45) is 0 Å². The minimum atomic E-state index is -3.68. The molecule has 1 saturated heterocycles. The number of sulfonamides is 1. The van der Waals surface area contributed by atoms with E-state index in [-0.39, 0.29) is 18.4 Å². The highest BCUT2D eigenvalue weighted by molar-refractivity contribution is 7.92. The average molecular weight is 485 g/mol. The van der Waals surface area contributed by atoms with Gasteiger partial charge in [0.1, 0.15) is 6.54 Å². The molecule has 182 valence electrons. The summed E-state index contributed by atoms with van der Waals surface area (Å²) in [6, 6.07) is 16.3. The van der Waals surface area contributed by atoms with Crippen LogP contribution in [0.15, 0.2) is 60.7 Å². The Labute approximate surface area is 202 Å². The molecule has 0 spiro atoms. The Morgan fingerprint density at radius 1 is 0.941 bits per heavy atom. The maximum absolute atomic E-state index is 12.9. The van der Waals surface area contributed by atoms with E-state index in [1.807, 2.05) is 30.3 Å². The normalized spacial score (nSPS) is 14.9. The molecule has 2 aromatic rings. The monoisotopic (exact) mass is 484 g/mol. The van der Waals surface area contributed by atoms with Crippen molar-refractivity contribution >= 4 is 33.6 Å². The summed E-state index contributed by atoms with van der Waals surface area (Å²) in [4.78, 5) is 30.4. The summed E-state index contributed by atoms with van der Waals surface area (Å²) >= 11 is 0. The van der Waals surface area contributed by atoms with Gasteiger partial charge in [0, 0.05) is 52.4 Å². The fraction of sp³-hybridized carbons (Fsp3) is 0.360. The van der Waals surface area contributed by atoms with Crippen LogP contribution >= 0.6 is 0 Å². The predicted molar refractivity (Wildman–Crippen MR) is 135 cm³/mol. The molecule has 0 saturated carbocycles. The maximum atomic E-state index is 12.9. The van der Waals surface area contributed by atoms with Crippen LogP contribution in [-0.2, 0) is 14.8 Å². The molecule has 0 bridgehead atoms. The van der Waals surface area contributed by atoms with E-state index in [4.69, 9.17) is 0 Å². The fourth-order valence-corrected chi connectivity index (χ4v) is 4.58. The van der Waals surface area contributed by atoms with E-state index in [9.17, 15) is 18.0 Å². The number of hydrogen-bond acceptors (Lipinski definition) is 5. The topological polar surface area (TPSA) is 81.2 Å². The van der Waals surface area contributed by atoms with Gasteiger partial charge in [0.2, 0.25) is 15.9 Å². The van der Waals surface area contributed by atoms with Crippen LogP contribution in [0.1, 0.15) is 15.9 Å². The fourth-order valence-electron chi connectivity index (χ4n) is 3.73. The number of nitrogens with zero attached hydrogens (tertiary/aromatic N) is 4. The van der Waals surface area contributed by atoms with Crippen molar-refractivity contribution < 1.29 is 18.0 Å². The third kappa shape index (κ3) is 6.91. The largest absolute Gasteiger partial charge is 0.345 e. The smallest absolute Gasteiger partial charge is 0.253 e. The molecule has 0 aliphatic carbocycles. The number of anilines is 1. The van der Waals surface area contributed by atoms with Gasteiger partial charge < -0.3 is 9.80 Å². The lowest BCUT2D eigenvalue weighted by atomic mass is 10.2. The van der Waals surface area contributed by atoms with Gasteiger partial charge in [-0.1, -0.05) is 42.5 Å². The van der Waals surface area contributed by atoms with Gasteiger partial charge in [-0.25, -0.2) is 8.42 Å². The van der Waals surface area contributed by atoms with Crippen LogP contribution in [0.5, 0.6) is 0 Å². The van der Waals surface area contributed by atoms with E-state index in [1.165, 1.54) is 4.90 Å². The number of piperazine rings is 1. The number of benzene rings is 2. The van der Waals surface area contributed by atoms with Crippen molar-refractivity contribution in [3.05, 3.63) is 71.8 Å². The predicted octanol–water partition coefficient (Wildman–Crippen LogP) is 2.01. The van der Waals surface area contributed by atoms with Crippen molar-refractivity contribution in [1.29, 1.82) is 0 Å². The van der Waals surface area contributed by atoms with E-state index in [0.717, 1.165) is 35.8 Å². The molecule has 0 aromatic heterocycles. The van der Waals surface area contributed by atoms with E-state index in [2.05, 4.69) is 17.1 Å². The molecule has 3 rings (SSSR count). The van der Waals surface area contributed by atoms with Crippen molar-refractivity contribution in [1.82, 2.24) is 14.7 Å². The molecule has 2 aromatic carbocycles. The number of carbonyl (C=O) groups is 2. The lowest BCUT2D eigenvalue weighted by molar-refractivity contribution is -0.131. The minimum absolute atomic E-state index is 0.176. The lowest BCUT2D eigenvalue weighted by Crippen LogP contribution is -2.51. The maximum Gasteiger partial charge on any atom is 0.253 e. The number of rotatable bonds is 8. The number of hydrogen-bond donors (Lipinski definition) is 0. The molecule has 0 unspecified atom stereocenters. The summed E-state index contributed by atoms with van der Waals surface area (Å²) in [7, 11) is -0.380. The van der Waals surface area contributed by atoms with Gasteiger partial charge in [0.15, 0.2) is 0 Å². The summed E-state index contributed by atoms with van der Waals surface area (Å²) in [6.45, 7) is 3.08. The van der Waals surface area contributed by atoms with Gasteiger partial charge >= 0.3 is 0 Å². The molecule has 8 nitrogen and oxygen atoms in total. The zero-order chi connectivity index (χ0) is 24.7. The van der Waals surface area contributed by atoms with Crippen molar-refractivity contribution in [2.75, 3.05) is 63.9 Å². The summed E-state index contributed by atoms with van der Waals surface area (Å²) < 4.78 is 25.9. The van der Waals surface area contributed by atoms with E-state index in [1.54, 1.807) is 43.3 Å². The van der Waals surface area contributed by atoms with Crippen LogP contribution in [0.25, 0.3) is 6.08 Å². The molecule has 1 heterocycles. The van der Waals surface area contributed by atoms with Crippen molar-refractivity contribution in [2.45, 2.75) is 0 Å². The first-order valence-corrected chi connectivity index (χ1v) is 13.0. The van der Waals surface area contributed by atoms with Gasteiger partial charge in [-0.2, -0.15) is 0 Å². The average Bonchev–Trinajstić information content (AvgIpc) is 2.82. The summed E-state index contributed by atoms with van der Waals surface area (Å²) in [5.41, 5.74) is 1.96. The third-order valence-electron chi connectivity index (χ3n) is 5.69. The van der Waals surface area contributed by atoms with Crippen LogP contribution in [-0.4, -0.2) is 94.6 Å². The Kier molecular flexibility index (Phi) is 8.46.